The quantitative estimate of drug-likeness (QED) is 0.629. The fourth-order valence-electron chi connectivity index (χ4n) is 4.56. The predicted molar refractivity (Wildman–Crippen MR) is 124 cm³/mol. The van der Waals surface area contributed by atoms with Gasteiger partial charge in [-0.05, 0) is 53.9 Å². The molecule has 2 aliphatic heterocycles. The SMILES string of the molecule is COc1ccc([C@]2(c3ccc(F)c(-c4cccnc4)c3)N=C(N)N3CC(F)(F)CN=C32)cc1C. The van der Waals surface area contributed by atoms with Crippen LogP contribution >= 0.6 is 0 Å². The Morgan fingerprint density at radius 3 is 2.56 bits per heavy atom. The highest BCUT2D eigenvalue weighted by Gasteiger charge is 2.53. The maximum Gasteiger partial charge on any atom is 0.284 e. The topological polar surface area (TPSA) is 76.1 Å². The van der Waals surface area contributed by atoms with Crippen LogP contribution in [0.5, 0.6) is 5.75 Å². The third-order valence-corrected chi connectivity index (χ3v) is 6.16. The van der Waals surface area contributed by atoms with Crippen LogP contribution in [-0.2, 0) is 5.54 Å². The Kier molecular flexibility index (Phi) is 5.07. The predicted octanol–water partition coefficient (Wildman–Crippen LogP) is 4.13. The van der Waals surface area contributed by atoms with Crippen LogP contribution in [0.15, 0.2) is 70.9 Å². The molecule has 1 aromatic heterocycles. The molecule has 34 heavy (non-hydrogen) atoms. The zero-order valence-corrected chi connectivity index (χ0v) is 18.6. The van der Waals surface area contributed by atoms with Crippen LogP contribution in [0.2, 0.25) is 0 Å². The van der Waals surface area contributed by atoms with E-state index in [1.54, 1.807) is 55.9 Å². The Labute approximate surface area is 194 Å². The average Bonchev–Trinajstić information content (AvgIpc) is 3.11. The minimum Gasteiger partial charge on any atom is -0.496 e. The van der Waals surface area contributed by atoms with Gasteiger partial charge in [0, 0.05) is 23.5 Å². The number of guanidine groups is 1. The van der Waals surface area contributed by atoms with Crippen molar-refractivity contribution in [1.29, 1.82) is 0 Å². The molecule has 3 heterocycles. The van der Waals surface area contributed by atoms with E-state index in [1.165, 1.54) is 11.0 Å². The van der Waals surface area contributed by atoms with Crippen molar-refractivity contribution in [2.75, 3.05) is 20.2 Å². The first-order valence-corrected chi connectivity index (χ1v) is 10.7. The Balaban J connectivity index is 1.78. The molecule has 1 atom stereocenters. The molecule has 0 radical (unpaired) electrons. The van der Waals surface area contributed by atoms with Crippen molar-refractivity contribution in [1.82, 2.24) is 9.88 Å². The number of halogens is 3. The molecule has 174 valence electrons. The highest BCUT2D eigenvalue weighted by molar-refractivity contribution is 6.12. The molecular weight excluding hydrogens is 443 g/mol. The van der Waals surface area contributed by atoms with Crippen molar-refractivity contribution in [3.63, 3.8) is 0 Å². The van der Waals surface area contributed by atoms with Crippen LogP contribution < -0.4 is 10.5 Å². The highest BCUT2D eigenvalue weighted by atomic mass is 19.3. The summed E-state index contributed by atoms with van der Waals surface area (Å²) in [5, 5.41) is 0. The number of fused-ring (bicyclic) bond motifs is 1. The van der Waals surface area contributed by atoms with E-state index in [-0.39, 0.29) is 11.8 Å². The summed E-state index contributed by atoms with van der Waals surface area (Å²) in [6.07, 6.45) is 3.16. The Morgan fingerprint density at radius 2 is 1.85 bits per heavy atom. The van der Waals surface area contributed by atoms with Gasteiger partial charge in [-0.2, -0.15) is 0 Å². The molecule has 0 amide bonds. The number of hydrogen-bond acceptors (Lipinski definition) is 6. The van der Waals surface area contributed by atoms with Gasteiger partial charge in [-0.1, -0.05) is 18.2 Å². The summed E-state index contributed by atoms with van der Waals surface area (Å²) >= 11 is 0. The number of benzene rings is 2. The second-order valence-electron chi connectivity index (χ2n) is 8.38. The molecule has 0 saturated heterocycles. The van der Waals surface area contributed by atoms with E-state index < -0.39 is 30.4 Å². The number of pyridine rings is 1. The number of aliphatic imine (C=N–C) groups is 2. The maximum atomic E-state index is 14.9. The second-order valence-corrected chi connectivity index (χ2v) is 8.38. The average molecular weight is 465 g/mol. The number of aromatic nitrogens is 1. The fourth-order valence-corrected chi connectivity index (χ4v) is 4.56. The van der Waals surface area contributed by atoms with Gasteiger partial charge in [0.05, 0.1) is 13.7 Å². The largest absolute Gasteiger partial charge is 0.496 e. The molecule has 2 aliphatic rings. The standard InChI is InChI=1S/C25H22F3N5O/c1-15-10-17(6-8-21(15)34-2)25(22-31-13-24(27,28)14-33(22)23(29)32-25)18-5-7-20(26)19(11-18)16-4-3-9-30-12-16/h3-12H,13-14H2,1-2H3,(H2,29,32)/t25-/m1/s1. The van der Waals surface area contributed by atoms with Crippen molar-refractivity contribution < 1.29 is 17.9 Å². The molecule has 5 rings (SSSR count). The van der Waals surface area contributed by atoms with Crippen LogP contribution in [0.4, 0.5) is 13.2 Å². The zero-order valence-electron chi connectivity index (χ0n) is 18.6. The molecule has 0 fully saturated rings. The van der Waals surface area contributed by atoms with Crippen molar-refractivity contribution >= 4 is 11.8 Å². The molecule has 9 heteroatoms. The van der Waals surface area contributed by atoms with Crippen molar-refractivity contribution in [2.45, 2.75) is 18.4 Å². The van der Waals surface area contributed by atoms with Crippen molar-refractivity contribution in [3.05, 3.63) is 83.4 Å². The first-order valence-electron chi connectivity index (χ1n) is 10.7. The van der Waals surface area contributed by atoms with Crippen LogP contribution in [0.3, 0.4) is 0 Å². The number of nitrogens with zero attached hydrogens (tertiary/aromatic N) is 4. The number of hydrogen-bond donors (Lipinski definition) is 1. The second kappa shape index (κ2) is 7.86. The van der Waals surface area contributed by atoms with Crippen LogP contribution in [0.1, 0.15) is 16.7 Å². The van der Waals surface area contributed by atoms with E-state index in [0.29, 0.717) is 28.0 Å². The lowest BCUT2D eigenvalue weighted by molar-refractivity contribution is -0.00437. The van der Waals surface area contributed by atoms with Crippen LogP contribution in [-0.4, -0.2) is 47.8 Å². The molecule has 0 aliphatic carbocycles. The molecule has 2 aromatic carbocycles. The third-order valence-electron chi connectivity index (χ3n) is 6.16. The van der Waals surface area contributed by atoms with Crippen molar-refractivity contribution in [3.8, 4) is 16.9 Å². The lowest BCUT2D eigenvalue weighted by Gasteiger charge is -2.35. The lowest BCUT2D eigenvalue weighted by atomic mass is 9.80. The van der Waals surface area contributed by atoms with Gasteiger partial charge in [0.2, 0.25) is 0 Å². The summed E-state index contributed by atoms with van der Waals surface area (Å²) < 4.78 is 48.8. The molecule has 0 bridgehead atoms. The summed E-state index contributed by atoms with van der Waals surface area (Å²) in [6, 6.07) is 13.5. The first kappa shape index (κ1) is 21.9. The fraction of sp³-hybridized carbons (Fsp3) is 0.240. The van der Waals surface area contributed by atoms with E-state index in [4.69, 9.17) is 15.5 Å². The first-order chi connectivity index (χ1) is 16.2. The van der Waals surface area contributed by atoms with Crippen molar-refractivity contribution in [2.24, 2.45) is 15.7 Å². The maximum absolute atomic E-state index is 14.9. The van der Waals surface area contributed by atoms with Gasteiger partial charge < -0.3 is 10.5 Å². The number of amidine groups is 1. The minimum atomic E-state index is -3.04. The van der Waals surface area contributed by atoms with Gasteiger partial charge in [0.15, 0.2) is 11.5 Å². The number of aryl methyl sites for hydroxylation is 1. The number of alkyl halides is 2. The zero-order chi connectivity index (χ0) is 24.1. The summed E-state index contributed by atoms with van der Waals surface area (Å²) in [7, 11) is 1.57. The number of ether oxygens (including phenoxy) is 1. The number of nitrogens with two attached hydrogens (primary N) is 1. The van der Waals surface area contributed by atoms with Gasteiger partial charge in [-0.15, -0.1) is 0 Å². The molecular formula is C25H22F3N5O. The van der Waals surface area contributed by atoms with Gasteiger partial charge in [-0.25, -0.2) is 18.2 Å². The van der Waals surface area contributed by atoms with Gasteiger partial charge >= 0.3 is 0 Å². The minimum absolute atomic E-state index is 0.0705. The normalized spacial score (nSPS) is 21.0. The van der Waals surface area contributed by atoms with E-state index in [2.05, 4.69) is 9.98 Å². The molecule has 0 saturated carbocycles. The third kappa shape index (κ3) is 3.39. The van der Waals surface area contributed by atoms with E-state index in [0.717, 1.165) is 5.56 Å². The molecule has 3 aromatic rings. The summed E-state index contributed by atoms with van der Waals surface area (Å²) in [5.74, 6) is -2.61. The van der Waals surface area contributed by atoms with Gasteiger partial charge in [0.25, 0.3) is 5.92 Å². The molecule has 6 nitrogen and oxygen atoms in total. The number of rotatable bonds is 4. The van der Waals surface area contributed by atoms with Crippen LogP contribution in [0, 0.1) is 12.7 Å². The highest BCUT2D eigenvalue weighted by Crippen LogP contribution is 2.45. The lowest BCUT2D eigenvalue weighted by Crippen LogP contribution is -2.53. The Bertz CT molecular complexity index is 1330. The smallest absolute Gasteiger partial charge is 0.284 e. The van der Waals surface area contributed by atoms with Gasteiger partial charge in [-0.3, -0.25) is 14.9 Å². The summed E-state index contributed by atoms with van der Waals surface area (Å²) in [6.45, 7) is 0.558. The molecule has 2 N–H and O–H groups in total. The number of methoxy groups -OCH3 is 1. The molecule has 0 unspecified atom stereocenters. The summed E-state index contributed by atoms with van der Waals surface area (Å²) in [5.41, 5.74) is 7.77. The monoisotopic (exact) mass is 465 g/mol. The Morgan fingerprint density at radius 1 is 1.09 bits per heavy atom. The Hall–Kier alpha value is -3.88. The molecule has 0 spiro atoms. The summed E-state index contributed by atoms with van der Waals surface area (Å²) in [4.78, 5) is 14.3. The van der Waals surface area contributed by atoms with E-state index in [1.807, 2.05) is 13.0 Å². The van der Waals surface area contributed by atoms with E-state index in [9.17, 15) is 13.2 Å². The van der Waals surface area contributed by atoms with Gasteiger partial charge in [0.1, 0.15) is 23.9 Å². The van der Waals surface area contributed by atoms with E-state index >= 15 is 0 Å². The van der Waals surface area contributed by atoms with Crippen LogP contribution in [0.25, 0.3) is 11.1 Å².